The van der Waals surface area contributed by atoms with E-state index >= 15 is 0 Å². The molecule has 130 valence electrons. The fourth-order valence-corrected chi connectivity index (χ4v) is 11.0. The van der Waals surface area contributed by atoms with E-state index in [1.807, 2.05) is 0 Å². The van der Waals surface area contributed by atoms with Crippen LogP contribution < -0.4 is 20.9 Å². The molecule has 2 N–H and O–H groups in total. The van der Waals surface area contributed by atoms with Gasteiger partial charge < -0.3 is 0 Å². The zero-order chi connectivity index (χ0) is 17.9. The number of nitrogens with zero attached hydrogens (tertiary/aromatic N) is 1. The molecule has 0 aliphatic heterocycles. The number of nitrogens with one attached hydrogen (secondary N) is 2. The predicted molar refractivity (Wildman–Crippen MR) is 113 cm³/mol. The Balaban J connectivity index is 2.10. The van der Waals surface area contributed by atoms with Gasteiger partial charge in [0.2, 0.25) is 0 Å². The van der Waals surface area contributed by atoms with Crippen molar-refractivity contribution in [2.24, 2.45) is 0 Å². The second-order valence-electron chi connectivity index (χ2n) is 6.34. The normalized spacial score (nSPS) is 13.0. The molecule has 0 saturated carbocycles. The zero-order valence-electron chi connectivity index (χ0n) is 14.2. The molecule has 3 nitrogen and oxygen atoms in total. The van der Waals surface area contributed by atoms with Crippen molar-refractivity contribution in [2.75, 3.05) is 0 Å². The van der Waals surface area contributed by atoms with E-state index < -0.39 is 5.31 Å². The molecule has 0 bridgehead atoms. The summed E-state index contributed by atoms with van der Waals surface area (Å²) < 4.78 is 0. The first-order valence-electron chi connectivity index (χ1n) is 8.51. The van der Waals surface area contributed by atoms with Gasteiger partial charge in [-0.25, -0.2) is 0 Å². The third-order valence-corrected chi connectivity index (χ3v) is 14.3. The summed E-state index contributed by atoms with van der Waals surface area (Å²) in [6, 6.07) is 32.2. The monoisotopic (exact) mass is 424 g/mol. The first-order chi connectivity index (χ1) is 12.7. The molecule has 1 aromatic heterocycles. The standard InChI is InChI=1S/C21H19BrN3P/c22-26(16-21-23-17-24-25-21,18-10-4-1-5-11-18,19-12-6-2-7-13-19)20-14-8-3-9-15-20/h1-15,17H,16H2,(H,23,24,25)/p+1. The summed E-state index contributed by atoms with van der Waals surface area (Å²) in [7, 11) is 0. The Hall–Kier alpha value is -2.29. The first kappa shape index (κ1) is 17.1. The van der Waals surface area contributed by atoms with Crippen molar-refractivity contribution < 1.29 is 4.98 Å². The fourth-order valence-electron chi connectivity index (χ4n) is 3.57. The van der Waals surface area contributed by atoms with Gasteiger partial charge in [-0.1, -0.05) is 0 Å². The maximum absolute atomic E-state index is 4.40. The maximum atomic E-state index is 4.40. The van der Waals surface area contributed by atoms with Gasteiger partial charge in [-0.3, -0.25) is 0 Å². The molecular weight excluding hydrogens is 405 g/mol. The van der Waals surface area contributed by atoms with Crippen molar-refractivity contribution in [3.63, 3.8) is 0 Å². The molecule has 1 heterocycles. The molecule has 4 rings (SSSR count). The van der Waals surface area contributed by atoms with Crippen LogP contribution in [0.25, 0.3) is 0 Å². The van der Waals surface area contributed by atoms with Crippen LogP contribution in [-0.2, 0) is 6.16 Å². The molecule has 0 spiro atoms. The Morgan fingerprint density at radius 2 is 1.15 bits per heavy atom. The second kappa shape index (κ2) is 6.79. The molecule has 5 heteroatoms. The van der Waals surface area contributed by atoms with Crippen LogP contribution in [0.15, 0.2) is 97.3 Å². The van der Waals surface area contributed by atoms with E-state index in [-0.39, 0.29) is 0 Å². The molecule has 0 aliphatic rings. The van der Waals surface area contributed by atoms with Gasteiger partial charge in [-0.05, 0) is 0 Å². The van der Waals surface area contributed by atoms with Crippen molar-refractivity contribution >= 4 is 36.7 Å². The van der Waals surface area contributed by atoms with E-state index in [4.69, 9.17) is 0 Å². The summed E-state index contributed by atoms with van der Waals surface area (Å²) in [5.74, 6) is 0.996. The van der Waals surface area contributed by atoms with E-state index in [0.717, 1.165) is 12.0 Å². The van der Waals surface area contributed by atoms with E-state index in [9.17, 15) is 0 Å². The molecule has 3 aromatic carbocycles. The number of rotatable bonds is 5. The Bertz CT molecular complexity index is 874. The van der Waals surface area contributed by atoms with Gasteiger partial charge in [0.25, 0.3) is 0 Å². The predicted octanol–water partition coefficient (Wildman–Crippen LogP) is 3.56. The molecule has 0 atom stereocenters. The van der Waals surface area contributed by atoms with Crippen molar-refractivity contribution in [1.82, 2.24) is 10.2 Å². The summed E-state index contributed by atoms with van der Waals surface area (Å²) in [4.78, 5) is 3.26. The molecule has 0 saturated heterocycles. The Morgan fingerprint density at radius 3 is 1.50 bits per heavy atom. The van der Waals surface area contributed by atoms with Crippen molar-refractivity contribution in [3.8, 4) is 0 Å². The van der Waals surface area contributed by atoms with Gasteiger partial charge in [-0.2, -0.15) is 0 Å². The number of aromatic amines is 2. The Labute approximate surface area is 161 Å². The minimum atomic E-state index is -2.93. The van der Waals surface area contributed by atoms with E-state index in [2.05, 4.69) is 122 Å². The molecule has 0 amide bonds. The van der Waals surface area contributed by atoms with E-state index in [1.54, 1.807) is 6.33 Å². The van der Waals surface area contributed by atoms with Gasteiger partial charge in [0.1, 0.15) is 0 Å². The van der Waals surface area contributed by atoms with Crippen LogP contribution >= 0.6 is 20.8 Å². The Kier molecular flexibility index (Phi) is 4.47. The van der Waals surface area contributed by atoms with Crippen LogP contribution in [0.1, 0.15) is 5.82 Å². The van der Waals surface area contributed by atoms with Crippen LogP contribution in [-0.4, -0.2) is 10.2 Å². The third kappa shape index (κ3) is 2.70. The number of hydrogen-bond acceptors (Lipinski definition) is 1. The molecule has 0 aliphatic carbocycles. The summed E-state index contributed by atoms with van der Waals surface area (Å²) in [5.41, 5.74) is 0. The minimum absolute atomic E-state index is 0.781. The number of aromatic nitrogens is 3. The number of H-pyrrole nitrogens is 2. The number of benzene rings is 3. The molecule has 0 fully saturated rings. The third-order valence-electron chi connectivity index (χ3n) is 4.84. The van der Waals surface area contributed by atoms with Crippen LogP contribution in [0.2, 0.25) is 0 Å². The Morgan fingerprint density at radius 1 is 0.731 bits per heavy atom. The summed E-state index contributed by atoms with van der Waals surface area (Å²) in [6.07, 6.45) is 2.48. The molecular formula is C21H20BrN3P+. The van der Waals surface area contributed by atoms with Crippen LogP contribution in [0.3, 0.4) is 0 Å². The van der Waals surface area contributed by atoms with Crippen LogP contribution in [0.4, 0.5) is 0 Å². The molecule has 0 radical (unpaired) electrons. The summed E-state index contributed by atoms with van der Waals surface area (Å²) >= 11 is 4.40. The molecule has 0 unspecified atom stereocenters. The summed E-state index contributed by atoms with van der Waals surface area (Å²) in [5, 5.41) is 8.20. The van der Waals surface area contributed by atoms with Gasteiger partial charge in [0.15, 0.2) is 0 Å². The van der Waals surface area contributed by atoms with E-state index in [1.165, 1.54) is 15.9 Å². The number of hydrogen-bond donors (Lipinski definition) is 1. The average Bonchev–Trinajstić information content (AvgIpc) is 3.23. The topological polar surface area (TPSA) is 42.8 Å². The average molecular weight is 425 g/mol. The van der Waals surface area contributed by atoms with Crippen molar-refractivity contribution in [1.29, 1.82) is 0 Å². The van der Waals surface area contributed by atoms with Crippen LogP contribution in [0, 0.1) is 0 Å². The van der Waals surface area contributed by atoms with Gasteiger partial charge in [0.05, 0.1) is 0 Å². The van der Waals surface area contributed by atoms with Gasteiger partial charge >= 0.3 is 161 Å². The fraction of sp³-hybridized carbons (Fsp3) is 0.0476. The second-order valence-corrected chi connectivity index (χ2v) is 15.3. The summed E-state index contributed by atoms with van der Waals surface area (Å²) in [6.45, 7) is 0. The molecule has 4 aromatic rings. The van der Waals surface area contributed by atoms with Crippen molar-refractivity contribution in [2.45, 2.75) is 6.16 Å². The van der Waals surface area contributed by atoms with Gasteiger partial charge in [0, 0.05) is 0 Å². The van der Waals surface area contributed by atoms with Crippen molar-refractivity contribution in [3.05, 3.63) is 103 Å². The SMILES string of the molecule is BrP(Cc1[nH]nc[nH+]1)(c1ccccc1)(c1ccccc1)c1ccccc1. The van der Waals surface area contributed by atoms with Crippen LogP contribution in [0.5, 0.6) is 0 Å². The quantitative estimate of drug-likeness (QED) is 0.489. The first-order valence-corrected chi connectivity index (χ1v) is 13.0. The van der Waals surface area contributed by atoms with Gasteiger partial charge in [-0.15, -0.1) is 0 Å². The molecule has 26 heavy (non-hydrogen) atoms. The van der Waals surface area contributed by atoms with E-state index in [0.29, 0.717) is 0 Å². The number of halogens is 1. The zero-order valence-corrected chi connectivity index (χ0v) is 16.7.